The van der Waals surface area contributed by atoms with Gasteiger partial charge < -0.3 is 10.1 Å². The van der Waals surface area contributed by atoms with E-state index in [1.54, 1.807) is 18.7 Å². The molecule has 1 N–H and O–H groups in total. The molecule has 86 valence electrons. The minimum absolute atomic E-state index is 0.313. The van der Waals surface area contributed by atoms with Crippen LogP contribution < -0.4 is 5.32 Å². The van der Waals surface area contributed by atoms with Crippen LogP contribution in [0.5, 0.6) is 0 Å². The second-order valence-corrected chi connectivity index (χ2v) is 4.10. The number of esters is 1. The lowest BCUT2D eigenvalue weighted by Crippen LogP contribution is -2.42. The van der Waals surface area contributed by atoms with Crippen LogP contribution >= 0.6 is 11.8 Å². The summed E-state index contributed by atoms with van der Waals surface area (Å²) in [6, 6.07) is -0.577. The third-order valence-corrected chi connectivity index (χ3v) is 2.43. The van der Waals surface area contributed by atoms with Crippen LogP contribution in [0.25, 0.3) is 0 Å². The van der Waals surface area contributed by atoms with E-state index in [9.17, 15) is 9.59 Å². The number of amides is 1. The molecule has 0 aliphatic heterocycles. The zero-order valence-corrected chi connectivity index (χ0v) is 10.1. The van der Waals surface area contributed by atoms with Crippen molar-refractivity contribution in [2.24, 2.45) is 0 Å². The van der Waals surface area contributed by atoms with Crippen LogP contribution in [-0.2, 0) is 14.3 Å². The molecule has 0 rings (SSSR count). The molecule has 4 nitrogen and oxygen atoms in total. The van der Waals surface area contributed by atoms with Crippen LogP contribution in [0.4, 0.5) is 0 Å². The predicted molar refractivity (Wildman–Crippen MR) is 61.8 cm³/mol. The molecule has 0 spiro atoms. The number of hydrogen-bond donors (Lipinski definition) is 1. The molecule has 0 aromatic carbocycles. The minimum Gasteiger partial charge on any atom is -0.467 e. The van der Waals surface area contributed by atoms with Gasteiger partial charge in [0, 0.05) is 5.57 Å². The number of nitrogens with one attached hydrogen (secondary N) is 1. The molecule has 1 atom stereocenters. The van der Waals surface area contributed by atoms with E-state index in [1.165, 1.54) is 7.11 Å². The van der Waals surface area contributed by atoms with Gasteiger partial charge in [0.05, 0.1) is 7.11 Å². The van der Waals surface area contributed by atoms with Gasteiger partial charge >= 0.3 is 5.97 Å². The fraction of sp³-hybridized carbons (Fsp3) is 0.600. The summed E-state index contributed by atoms with van der Waals surface area (Å²) in [5, 5.41) is 2.58. The highest BCUT2D eigenvalue weighted by atomic mass is 32.2. The average molecular weight is 231 g/mol. The highest BCUT2D eigenvalue weighted by Crippen LogP contribution is 2.03. The van der Waals surface area contributed by atoms with Crippen LogP contribution in [0.3, 0.4) is 0 Å². The lowest BCUT2D eigenvalue weighted by molar-refractivity contribution is -0.144. The molecule has 0 aromatic heterocycles. The Morgan fingerprint density at radius 1 is 1.53 bits per heavy atom. The minimum atomic E-state index is -0.577. The van der Waals surface area contributed by atoms with Gasteiger partial charge in [-0.2, -0.15) is 11.8 Å². The molecule has 0 bridgehead atoms. The zero-order valence-electron chi connectivity index (χ0n) is 9.33. The van der Waals surface area contributed by atoms with E-state index in [0.717, 1.165) is 5.75 Å². The first-order chi connectivity index (χ1) is 7.02. The number of methoxy groups -OCH3 is 1. The van der Waals surface area contributed by atoms with Crippen molar-refractivity contribution in [3.63, 3.8) is 0 Å². The molecule has 0 saturated heterocycles. The van der Waals surface area contributed by atoms with Gasteiger partial charge in [-0.3, -0.25) is 4.79 Å². The predicted octanol–water partition coefficient (Wildman–Crippen LogP) is 0.973. The van der Waals surface area contributed by atoms with Crippen LogP contribution in [0.15, 0.2) is 12.2 Å². The van der Waals surface area contributed by atoms with Gasteiger partial charge in [0.1, 0.15) is 6.04 Å². The molecule has 0 aromatic rings. The first kappa shape index (κ1) is 14.0. The van der Waals surface area contributed by atoms with Crippen molar-refractivity contribution in [1.82, 2.24) is 5.32 Å². The molecule has 15 heavy (non-hydrogen) atoms. The van der Waals surface area contributed by atoms with E-state index >= 15 is 0 Å². The van der Waals surface area contributed by atoms with E-state index in [-0.39, 0.29) is 5.91 Å². The Bertz CT molecular complexity index is 253. The van der Waals surface area contributed by atoms with Gasteiger partial charge in [-0.25, -0.2) is 4.79 Å². The normalized spacial score (nSPS) is 11.7. The summed E-state index contributed by atoms with van der Waals surface area (Å²) in [5.74, 6) is 0.0566. The van der Waals surface area contributed by atoms with Crippen LogP contribution in [0, 0.1) is 0 Å². The van der Waals surface area contributed by atoms with Crippen LogP contribution in [0.1, 0.15) is 13.3 Å². The Morgan fingerprint density at radius 3 is 2.53 bits per heavy atom. The van der Waals surface area contributed by atoms with E-state index < -0.39 is 12.0 Å². The first-order valence-electron chi connectivity index (χ1n) is 4.56. The Hall–Kier alpha value is -0.970. The van der Waals surface area contributed by atoms with Gasteiger partial charge in [0.2, 0.25) is 5.91 Å². The third kappa shape index (κ3) is 5.47. The SMILES string of the molecule is C=C(C)C(=O)N[C@@H](CCSC)C(=O)OC. The number of hydrogen-bond acceptors (Lipinski definition) is 4. The standard InChI is InChI=1S/C10H17NO3S/c1-7(2)9(12)11-8(5-6-15-4)10(13)14-3/h8H,1,5-6H2,2-4H3,(H,11,12)/t8-/m0/s1. The van der Waals surface area contributed by atoms with Crippen LogP contribution in [0.2, 0.25) is 0 Å². The van der Waals surface area contributed by atoms with Crippen molar-refractivity contribution in [1.29, 1.82) is 0 Å². The molecule has 5 heteroatoms. The van der Waals surface area contributed by atoms with Crippen molar-refractivity contribution in [2.45, 2.75) is 19.4 Å². The Labute approximate surface area is 94.4 Å². The number of thioether (sulfide) groups is 1. The smallest absolute Gasteiger partial charge is 0.328 e. The highest BCUT2D eigenvalue weighted by molar-refractivity contribution is 7.98. The number of carbonyl (C=O) groups excluding carboxylic acids is 2. The summed E-state index contributed by atoms with van der Waals surface area (Å²) < 4.78 is 4.60. The Balaban J connectivity index is 4.30. The quantitative estimate of drug-likeness (QED) is 0.547. The fourth-order valence-electron chi connectivity index (χ4n) is 0.908. The van der Waals surface area contributed by atoms with Gasteiger partial charge in [-0.05, 0) is 25.4 Å². The van der Waals surface area contributed by atoms with Crippen molar-refractivity contribution in [2.75, 3.05) is 19.1 Å². The van der Waals surface area contributed by atoms with E-state index in [2.05, 4.69) is 16.6 Å². The molecule has 0 aliphatic rings. The number of carbonyl (C=O) groups is 2. The first-order valence-corrected chi connectivity index (χ1v) is 5.95. The maximum absolute atomic E-state index is 11.3. The molecule has 0 unspecified atom stereocenters. The van der Waals surface area contributed by atoms with Gasteiger partial charge in [-0.15, -0.1) is 0 Å². The van der Waals surface area contributed by atoms with Crippen molar-refractivity contribution in [3.8, 4) is 0 Å². The number of rotatable bonds is 6. The molecule has 0 radical (unpaired) electrons. The summed E-state index contributed by atoms with van der Waals surface area (Å²) in [6.07, 6.45) is 2.50. The molecule has 0 heterocycles. The maximum atomic E-state index is 11.3. The number of ether oxygens (including phenoxy) is 1. The largest absolute Gasteiger partial charge is 0.467 e. The van der Waals surface area contributed by atoms with Gasteiger partial charge in [0.15, 0.2) is 0 Å². The summed E-state index contributed by atoms with van der Waals surface area (Å²) in [7, 11) is 1.31. The Kier molecular flexibility index (Phi) is 6.86. The lowest BCUT2D eigenvalue weighted by atomic mass is 10.2. The van der Waals surface area contributed by atoms with Crippen molar-refractivity contribution < 1.29 is 14.3 Å². The molecule has 0 saturated carbocycles. The van der Waals surface area contributed by atoms with Crippen LogP contribution in [-0.4, -0.2) is 37.0 Å². The molecule has 0 fully saturated rings. The van der Waals surface area contributed by atoms with E-state index in [0.29, 0.717) is 12.0 Å². The topological polar surface area (TPSA) is 55.4 Å². The van der Waals surface area contributed by atoms with Crippen molar-refractivity contribution >= 4 is 23.6 Å². The summed E-state index contributed by atoms with van der Waals surface area (Å²) in [5.41, 5.74) is 0.382. The highest BCUT2D eigenvalue weighted by Gasteiger charge is 2.20. The monoisotopic (exact) mass is 231 g/mol. The maximum Gasteiger partial charge on any atom is 0.328 e. The fourth-order valence-corrected chi connectivity index (χ4v) is 1.38. The van der Waals surface area contributed by atoms with E-state index in [4.69, 9.17) is 0 Å². The Morgan fingerprint density at radius 2 is 2.13 bits per heavy atom. The lowest BCUT2D eigenvalue weighted by Gasteiger charge is -2.15. The second-order valence-electron chi connectivity index (χ2n) is 3.11. The van der Waals surface area contributed by atoms with Crippen molar-refractivity contribution in [3.05, 3.63) is 12.2 Å². The van der Waals surface area contributed by atoms with Gasteiger partial charge in [0.25, 0.3) is 0 Å². The summed E-state index contributed by atoms with van der Waals surface area (Å²) in [6.45, 7) is 5.10. The molecule has 1 amide bonds. The van der Waals surface area contributed by atoms with E-state index in [1.807, 2.05) is 6.26 Å². The third-order valence-electron chi connectivity index (χ3n) is 1.79. The second kappa shape index (κ2) is 7.34. The molecular weight excluding hydrogens is 214 g/mol. The zero-order chi connectivity index (χ0) is 11.8. The molecular formula is C10H17NO3S. The van der Waals surface area contributed by atoms with Gasteiger partial charge in [-0.1, -0.05) is 6.58 Å². The average Bonchev–Trinajstić information content (AvgIpc) is 2.22. The molecule has 0 aliphatic carbocycles. The summed E-state index contributed by atoms with van der Waals surface area (Å²) >= 11 is 1.61. The summed E-state index contributed by atoms with van der Waals surface area (Å²) in [4.78, 5) is 22.6.